The molecule has 0 N–H and O–H groups in total. The Morgan fingerprint density at radius 3 is 1.74 bits per heavy atom. The molecule has 1 spiro atoms. The van der Waals surface area contributed by atoms with Gasteiger partial charge in [0.2, 0.25) is 0 Å². The minimum absolute atomic E-state index is 0.0521. The summed E-state index contributed by atoms with van der Waals surface area (Å²) in [5.74, 6) is 2.47. The molecule has 0 saturated heterocycles. The predicted molar refractivity (Wildman–Crippen MR) is 303 cm³/mol. The van der Waals surface area contributed by atoms with Crippen molar-refractivity contribution < 1.29 is 4.74 Å². The number of para-hydroxylation sites is 2. The molecule has 4 heterocycles. The Balaban J connectivity index is 1.10. The van der Waals surface area contributed by atoms with Crippen LogP contribution in [0.4, 0.5) is 17.1 Å². The molecule has 0 radical (unpaired) electrons. The summed E-state index contributed by atoms with van der Waals surface area (Å²) in [5.41, 5.74) is 22.1. The lowest BCUT2D eigenvalue weighted by Gasteiger charge is -2.46. The molecular formula is C67H68N4O. The Morgan fingerprint density at radius 1 is 0.514 bits per heavy atom. The lowest BCUT2D eigenvalue weighted by molar-refractivity contribution is 0.482. The van der Waals surface area contributed by atoms with Gasteiger partial charge in [0, 0.05) is 41.7 Å². The van der Waals surface area contributed by atoms with Crippen molar-refractivity contribution in [3.05, 3.63) is 196 Å². The molecule has 0 amide bonds. The third-order valence-corrected chi connectivity index (χ3v) is 16.1. The van der Waals surface area contributed by atoms with Crippen LogP contribution in [0.5, 0.6) is 11.5 Å². The first kappa shape index (κ1) is 46.0. The lowest BCUT2D eigenvalue weighted by Crippen LogP contribution is -2.40. The summed E-state index contributed by atoms with van der Waals surface area (Å²) in [4.78, 5) is 10.1. The predicted octanol–water partition coefficient (Wildman–Crippen LogP) is 17.4. The molecule has 2 aromatic heterocycles. The van der Waals surface area contributed by atoms with Crippen molar-refractivity contribution in [3.63, 3.8) is 0 Å². The average molecular weight is 945 g/mol. The number of fused-ring (bicyclic) bond motifs is 12. The Hall–Kier alpha value is -7.11. The molecule has 0 fully saturated rings. The van der Waals surface area contributed by atoms with E-state index in [0.717, 1.165) is 51.5 Å². The van der Waals surface area contributed by atoms with E-state index in [1.807, 2.05) is 6.20 Å². The molecule has 0 saturated carbocycles. The fourth-order valence-electron chi connectivity index (χ4n) is 12.5. The van der Waals surface area contributed by atoms with E-state index in [2.05, 4.69) is 251 Å². The smallest absolute Gasteiger partial charge is 0.137 e. The lowest BCUT2D eigenvalue weighted by atomic mass is 9.59. The molecule has 0 atom stereocenters. The monoisotopic (exact) mass is 945 g/mol. The van der Waals surface area contributed by atoms with Crippen molar-refractivity contribution in [3.8, 4) is 39.6 Å². The van der Waals surface area contributed by atoms with Crippen LogP contribution in [0.3, 0.4) is 0 Å². The van der Waals surface area contributed by atoms with Crippen LogP contribution in [0.15, 0.2) is 146 Å². The van der Waals surface area contributed by atoms with Crippen molar-refractivity contribution in [1.82, 2.24) is 9.55 Å². The zero-order valence-electron chi connectivity index (χ0n) is 44.8. The first-order chi connectivity index (χ1) is 34.0. The number of nitrogens with zero attached hydrogens (tertiary/aromatic N) is 4. The highest BCUT2D eigenvalue weighted by Gasteiger charge is 2.57. The molecular weight excluding hydrogens is 877 g/mol. The quantitative estimate of drug-likeness (QED) is 0.176. The van der Waals surface area contributed by atoms with Gasteiger partial charge in [-0.25, -0.2) is 4.98 Å². The zero-order valence-corrected chi connectivity index (χ0v) is 44.8. The highest BCUT2D eigenvalue weighted by atomic mass is 16.5. The maximum Gasteiger partial charge on any atom is 0.137 e. The summed E-state index contributed by atoms with van der Waals surface area (Å²) in [5, 5.41) is 2.34. The second-order valence-electron chi connectivity index (χ2n) is 25.1. The number of hydrogen-bond acceptors (Lipinski definition) is 4. The average Bonchev–Trinajstić information content (AvgIpc) is 3.95. The third-order valence-electron chi connectivity index (χ3n) is 16.1. The van der Waals surface area contributed by atoms with Crippen LogP contribution in [-0.2, 0) is 27.1 Å². The van der Waals surface area contributed by atoms with E-state index in [4.69, 9.17) is 9.72 Å². The minimum Gasteiger partial charge on any atom is -0.457 e. The molecule has 5 heteroatoms. The van der Waals surface area contributed by atoms with Crippen LogP contribution in [0, 0.1) is 6.92 Å². The van der Waals surface area contributed by atoms with Gasteiger partial charge in [0.25, 0.3) is 0 Å². The zero-order chi connectivity index (χ0) is 50.6. The van der Waals surface area contributed by atoms with Crippen LogP contribution in [0.2, 0.25) is 0 Å². The van der Waals surface area contributed by atoms with Crippen LogP contribution < -0.4 is 14.5 Å². The highest BCUT2D eigenvalue weighted by molar-refractivity contribution is 6.09. The SMILES string of the molecule is Cc1cc(-n2c3ccccc3c3ccc(Oc4ccc5c(c4)N4CN(C)c6cccc(c64)C54c5c(cc(C(C)(C)C)cc5C(C)(C)C)-c5cc(C(C)(C)C)cc(C(C)(C)C)c54)cc32)ncc1-c1ccccc1. The van der Waals surface area contributed by atoms with Crippen molar-refractivity contribution in [2.45, 2.75) is 117 Å². The second-order valence-corrected chi connectivity index (χ2v) is 25.1. The number of benzene rings is 7. The molecule has 72 heavy (non-hydrogen) atoms. The largest absolute Gasteiger partial charge is 0.457 e. The molecule has 3 aliphatic rings. The molecule has 12 rings (SSSR count). The van der Waals surface area contributed by atoms with Crippen LogP contribution in [0.25, 0.3) is 49.9 Å². The number of ether oxygens (including phenoxy) is 1. The van der Waals surface area contributed by atoms with Gasteiger partial charge < -0.3 is 14.5 Å². The topological polar surface area (TPSA) is 33.5 Å². The highest BCUT2D eigenvalue weighted by Crippen LogP contribution is 2.68. The van der Waals surface area contributed by atoms with Gasteiger partial charge in [0.1, 0.15) is 17.3 Å². The van der Waals surface area contributed by atoms with Crippen LogP contribution >= 0.6 is 0 Å². The third kappa shape index (κ3) is 6.75. The summed E-state index contributed by atoms with van der Waals surface area (Å²) in [6.45, 7) is 31.6. The van der Waals surface area contributed by atoms with Gasteiger partial charge in [0.15, 0.2) is 0 Å². The molecule has 0 bridgehead atoms. The molecule has 5 nitrogen and oxygen atoms in total. The summed E-state index contributed by atoms with van der Waals surface area (Å²) < 4.78 is 9.43. The molecule has 362 valence electrons. The Labute approximate surface area is 427 Å². The maximum absolute atomic E-state index is 7.14. The fourth-order valence-corrected chi connectivity index (χ4v) is 12.5. The Bertz CT molecular complexity index is 3630. The van der Waals surface area contributed by atoms with E-state index >= 15 is 0 Å². The minimum atomic E-state index is -0.620. The van der Waals surface area contributed by atoms with E-state index in [1.54, 1.807) is 0 Å². The summed E-state index contributed by atoms with van der Waals surface area (Å²) in [6, 6.07) is 52.2. The van der Waals surface area contributed by atoms with Gasteiger partial charge in [-0.15, -0.1) is 0 Å². The van der Waals surface area contributed by atoms with Crippen molar-refractivity contribution in [2.24, 2.45) is 0 Å². The Morgan fingerprint density at radius 2 is 1.11 bits per heavy atom. The van der Waals surface area contributed by atoms with E-state index in [0.29, 0.717) is 0 Å². The summed E-state index contributed by atoms with van der Waals surface area (Å²) in [6.07, 6.45) is 2.02. The first-order valence-electron chi connectivity index (χ1n) is 25.9. The summed E-state index contributed by atoms with van der Waals surface area (Å²) >= 11 is 0. The van der Waals surface area contributed by atoms with Gasteiger partial charge in [0.05, 0.1) is 40.2 Å². The van der Waals surface area contributed by atoms with E-state index in [1.165, 1.54) is 83.6 Å². The van der Waals surface area contributed by atoms with E-state index < -0.39 is 5.41 Å². The van der Waals surface area contributed by atoms with Crippen LogP contribution in [0.1, 0.15) is 133 Å². The second kappa shape index (κ2) is 15.4. The number of aromatic nitrogens is 2. The number of pyridine rings is 1. The number of hydrogen-bond donors (Lipinski definition) is 0. The van der Waals surface area contributed by atoms with Crippen molar-refractivity contribution in [1.29, 1.82) is 0 Å². The molecule has 1 aliphatic carbocycles. The summed E-state index contributed by atoms with van der Waals surface area (Å²) in [7, 11) is 2.24. The maximum atomic E-state index is 7.14. The van der Waals surface area contributed by atoms with E-state index in [9.17, 15) is 0 Å². The van der Waals surface area contributed by atoms with Crippen molar-refractivity contribution >= 4 is 38.9 Å². The molecule has 2 aliphatic heterocycles. The van der Waals surface area contributed by atoms with Gasteiger partial charge in [-0.3, -0.25) is 4.57 Å². The molecule has 0 unspecified atom stereocenters. The van der Waals surface area contributed by atoms with E-state index in [-0.39, 0.29) is 21.7 Å². The van der Waals surface area contributed by atoms with Gasteiger partial charge in [-0.1, -0.05) is 174 Å². The number of anilines is 3. The van der Waals surface area contributed by atoms with Gasteiger partial charge >= 0.3 is 0 Å². The van der Waals surface area contributed by atoms with Crippen molar-refractivity contribution in [2.75, 3.05) is 23.5 Å². The normalized spacial score (nSPS) is 14.8. The molecule has 7 aromatic carbocycles. The number of aryl methyl sites for hydroxylation is 1. The molecule has 9 aromatic rings. The van der Waals surface area contributed by atoms with Gasteiger partial charge in [-0.05, 0) is 132 Å². The Kier molecular flexibility index (Phi) is 9.87. The van der Waals surface area contributed by atoms with Crippen LogP contribution in [-0.4, -0.2) is 23.3 Å². The first-order valence-corrected chi connectivity index (χ1v) is 25.9. The number of rotatable bonds is 4. The fraction of sp³-hybridized carbons (Fsp3) is 0.299. The standard InChI is InChI=1S/C67H68N4O/c1-40-31-59(68-38-50(40)41-21-16-15-17-22-41)71-55-25-19-18-23-46(55)47-29-27-44(36-57(47)71)72-45-28-30-51-58(37-45)70-39-69(14)56-26-20-24-52(62(56)70)67(51)60-48(32-42(63(2,3)4)34-53(60)65(8,9)10)49-33-43(64(5,6)7)35-54(61(49)67)66(11,12)13/h15-38H,39H2,1-14H3. The van der Waals surface area contributed by atoms with Gasteiger partial charge in [-0.2, -0.15) is 0 Å².